The standard InChI is InChI=1S/C27H40FNO6S/c1-7-18-24(32)15(2)9-8-10-27(6)22(35-27)12-20(19(28)11-17-14-36-16(3)29-17)34-23(31)13-21(30)26(4,5)25(18)33/h11,14-15,18,20-22,24,30,32H,7-10,12-13H2,1-6H3/t15-,18+,20-,21-,22+,24-,27+/m0/s1. The fraction of sp³-hybridized carbons (Fsp3) is 0.741. The number of hydrogen-bond donors (Lipinski definition) is 2. The number of hydrogen-bond acceptors (Lipinski definition) is 8. The predicted octanol–water partition coefficient (Wildman–Crippen LogP) is 4.77. The number of cyclic esters (lactones) is 1. The third kappa shape index (κ3) is 6.60. The Hall–Kier alpha value is -1.68. The maximum atomic E-state index is 15.3. The summed E-state index contributed by atoms with van der Waals surface area (Å²) < 4.78 is 26.7. The summed E-state index contributed by atoms with van der Waals surface area (Å²) in [4.78, 5) is 30.5. The molecule has 0 aliphatic carbocycles. The minimum atomic E-state index is -1.35. The van der Waals surface area contributed by atoms with Crippen molar-refractivity contribution in [3.63, 3.8) is 0 Å². The summed E-state index contributed by atoms with van der Waals surface area (Å²) in [5, 5.41) is 24.4. The van der Waals surface area contributed by atoms with Gasteiger partial charge in [0.1, 0.15) is 11.6 Å². The van der Waals surface area contributed by atoms with Crippen LogP contribution >= 0.6 is 11.3 Å². The highest BCUT2D eigenvalue weighted by atomic mass is 32.1. The monoisotopic (exact) mass is 525 g/mol. The lowest BCUT2D eigenvalue weighted by Crippen LogP contribution is -2.46. The highest BCUT2D eigenvalue weighted by Gasteiger charge is 2.53. The molecule has 1 aromatic rings. The molecule has 0 radical (unpaired) electrons. The van der Waals surface area contributed by atoms with Crippen LogP contribution in [0.2, 0.25) is 0 Å². The topological polar surface area (TPSA) is 109 Å². The lowest BCUT2D eigenvalue weighted by Gasteiger charge is -2.35. The second-order valence-corrected chi connectivity index (χ2v) is 12.2. The van der Waals surface area contributed by atoms with Gasteiger partial charge in [-0.1, -0.05) is 34.1 Å². The predicted molar refractivity (Wildman–Crippen MR) is 136 cm³/mol. The number of esters is 1. The van der Waals surface area contributed by atoms with Crippen LogP contribution in [0, 0.1) is 24.2 Å². The summed E-state index contributed by atoms with van der Waals surface area (Å²) in [6.07, 6.45) is -0.139. The zero-order valence-corrected chi connectivity index (χ0v) is 22.9. The lowest BCUT2D eigenvalue weighted by molar-refractivity contribution is -0.155. The Morgan fingerprint density at radius 2 is 2.00 bits per heavy atom. The third-order valence-electron chi connectivity index (χ3n) is 7.90. The first-order valence-electron chi connectivity index (χ1n) is 12.9. The molecule has 36 heavy (non-hydrogen) atoms. The molecule has 7 nitrogen and oxygen atoms in total. The number of aliphatic hydroxyl groups excluding tert-OH is 2. The van der Waals surface area contributed by atoms with E-state index in [9.17, 15) is 19.8 Å². The number of aryl methyl sites for hydroxylation is 1. The van der Waals surface area contributed by atoms with Gasteiger partial charge in [-0.15, -0.1) is 11.3 Å². The van der Waals surface area contributed by atoms with Gasteiger partial charge in [0.25, 0.3) is 0 Å². The summed E-state index contributed by atoms with van der Waals surface area (Å²) in [6, 6.07) is 0. The minimum absolute atomic E-state index is 0.125. The molecule has 7 atom stereocenters. The van der Waals surface area contributed by atoms with Crippen LogP contribution in [-0.2, 0) is 19.1 Å². The normalized spacial score (nSPS) is 36.8. The van der Waals surface area contributed by atoms with E-state index in [4.69, 9.17) is 9.47 Å². The van der Waals surface area contributed by atoms with E-state index in [1.807, 2.05) is 27.7 Å². The molecule has 3 rings (SSSR count). The number of fused-ring (bicyclic) bond motifs is 1. The summed E-state index contributed by atoms with van der Waals surface area (Å²) in [7, 11) is 0. The van der Waals surface area contributed by atoms with Gasteiger partial charge in [-0.25, -0.2) is 9.37 Å². The molecule has 0 unspecified atom stereocenters. The zero-order valence-electron chi connectivity index (χ0n) is 22.1. The van der Waals surface area contributed by atoms with Crippen molar-refractivity contribution in [2.75, 3.05) is 0 Å². The van der Waals surface area contributed by atoms with Gasteiger partial charge < -0.3 is 19.7 Å². The molecule has 2 aliphatic rings. The fourth-order valence-electron chi connectivity index (χ4n) is 5.09. The van der Waals surface area contributed by atoms with Gasteiger partial charge in [-0.2, -0.15) is 0 Å². The number of rotatable bonds is 3. The van der Waals surface area contributed by atoms with Gasteiger partial charge in [0.15, 0.2) is 6.10 Å². The Labute approximate surface area is 217 Å². The van der Waals surface area contributed by atoms with E-state index in [1.54, 1.807) is 19.2 Å². The van der Waals surface area contributed by atoms with E-state index in [-0.39, 0.29) is 24.2 Å². The molecular formula is C27H40FNO6S. The number of ether oxygens (including phenoxy) is 2. The van der Waals surface area contributed by atoms with E-state index in [0.717, 1.165) is 11.4 Å². The molecule has 3 heterocycles. The molecule has 0 spiro atoms. The maximum absolute atomic E-state index is 15.3. The Balaban J connectivity index is 1.87. The molecule has 2 N–H and O–H groups in total. The number of thiazole rings is 1. The van der Waals surface area contributed by atoms with E-state index >= 15 is 4.39 Å². The molecule has 0 bridgehead atoms. The van der Waals surface area contributed by atoms with Gasteiger partial charge in [-0.3, -0.25) is 9.59 Å². The summed E-state index contributed by atoms with van der Waals surface area (Å²) >= 11 is 1.39. The summed E-state index contributed by atoms with van der Waals surface area (Å²) in [5.74, 6) is -2.53. The quantitative estimate of drug-likeness (QED) is 0.432. The number of nitrogens with zero attached hydrogens (tertiary/aromatic N) is 1. The van der Waals surface area contributed by atoms with Gasteiger partial charge in [0.2, 0.25) is 0 Å². The first-order chi connectivity index (χ1) is 16.8. The molecule has 9 heteroatoms. The number of carbonyl (C=O) groups is 2. The summed E-state index contributed by atoms with van der Waals surface area (Å²) in [6.45, 7) is 10.7. The van der Waals surface area contributed by atoms with Gasteiger partial charge in [0, 0.05) is 17.7 Å². The number of halogens is 1. The molecule has 2 saturated heterocycles. The van der Waals surface area contributed by atoms with E-state index < -0.39 is 53.5 Å². The van der Waals surface area contributed by atoms with Crippen LogP contribution in [0.1, 0.15) is 83.8 Å². The van der Waals surface area contributed by atoms with Crippen molar-refractivity contribution in [3.8, 4) is 0 Å². The van der Waals surface area contributed by atoms with Crippen molar-refractivity contribution < 1.29 is 33.7 Å². The molecule has 0 amide bonds. The van der Waals surface area contributed by atoms with Crippen molar-refractivity contribution in [3.05, 3.63) is 21.9 Å². The highest BCUT2D eigenvalue weighted by molar-refractivity contribution is 7.09. The molecular weight excluding hydrogens is 485 g/mol. The van der Waals surface area contributed by atoms with Crippen molar-refractivity contribution in [2.24, 2.45) is 17.3 Å². The molecule has 2 aliphatic heterocycles. The largest absolute Gasteiger partial charge is 0.455 e. The second kappa shape index (κ2) is 11.4. The van der Waals surface area contributed by atoms with Crippen LogP contribution in [0.25, 0.3) is 6.08 Å². The molecule has 2 fully saturated rings. The first kappa shape index (κ1) is 28.9. The number of epoxide rings is 1. The van der Waals surface area contributed by atoms with Crippen LogP contribution in [0.15, 0.2) is 11.2 Å². The van der Waals surface area contributed by atoms with Crippen LogP contribution in [0.3, 0.4) is 0 Å². The zero-order chi connectivity index (χ0) is 26.8. The SMILES string of the molecule is CC[C@H]1C(=O)C(C)(C)[C@@H](O)CC(=O)O[C@H](C(F)=Cc2csc(C)n2)C[C@H]2O[C@]2(C)CCC[C@H](C)[C@@H]1O. The Kier molecular flexibility index (Phi) is 9.13. The molecule has 202 valence electrons. The Morgan fingerprint density at radius 3 is 2.61 bits per heavy atom. The average molecular weight is 526 g/mol. The van der Waals surface area contributed by atoms with Crippen LogP contribution in [0.5, 0.6) is 0 Å². The van der Waals surface area contributed by atoms with Crippen molar-refractivity contribution in [2.45, 2.75) is 110 Å². The first-order valence-corrected chi connectivity index (χ1v) is 13.7. The van der Waals surface area contributed by atoms with Crippen molar-refractivity contribution in [1.82, 2.24) is 4.98 Å². The highest BCUT2D eigenvalue weighted by Crippen LogP contribution is 2.45. The van der Waals surface area contributed by atoms with Crippen LogP contribution < -0.4 is 0 Å². The second-order valence-electron chi connectivity index (χ2n) is 11.1. The number of ketones is 1. The molecule has 0 aromatic carbocycles. The smallest absolute Gasteiger partial charge is 0.309 e. The number of carbonyl (C=O) groups excluding carboxylic acids is 2. The van der Waals surface area contributed by atoms with Crippen LogP contribution in [0.4, 0.5) is 4.39 Å². The number of aliphatic hydroxyl groups is 2. The molecule has 1 aromatic heterocycles. The van der Waals surface area contributed by atoms with Crippen molar-refractivity contribution >= 4 is 29.2 Å². The van der Waals surface area contributed by atoms with Crippen molar-refractivity contribution in [1.29, 1.82) is 0 Å². The van der Waals surface area contributed by atoms with E-state index in [0.29, 0.717) is 25.0 Å². The van der Waals surface area contributed by atoms with Gasteiger partial charge in [0.05, 0.1) is 46.5 Å². The van der Waals surface area contributed by atoms with Gasteiger partial charge >= 0.3 is 5.97 Å². The van der Waals surface area contributed by atoms with E-state index in [2.05, 4.69) is 4.98 Å². The summed E-state index contributed by atoms with van der Waals surface area (Å²) in [5.41, 5.74) is -1.31. The Morgan fingerprint density at radius 1 is 1.31 bits per heavy atom. The van der Waals surface area contributed by atoms with E-state index in [1.165, 1.54) is 17.4 Å². The maximum Gasteiger partial charge on any atom is 0.309 e. The van der Waals surface area contributed by atoms with Crippen LogP contribution in [-0.4, -0.2) is 57.0 Å². The third-order valence-corrected chi connectivity index (χ3v) is 8.69. The molecule has 0 saturated carbocycles. The lowest BCUT2D eigenvalue weighted by atomic mass is 9.71. The minimum Gasteiger partial charge on any atom is -0.455 e. The average Bonchev–Trinajstić information content (AvgIpc) is 3.24. The number of aromatic nitrogens is 1. The number of Topliss-reactive ketones (excluding diaryl/α,β-unsaturated/α-hetero) is 1. The Bertz CT molecular complexity index is 977. The van der Waals surface area contributed by atoms with Gasteiger partial charge in [-0.05, 0) is 45.1 Å². The fourth-order valence-corrected chi connectivity index (χ4v) is 5.66.